The number of methoxy groups -OCH3 is 2. The number of hydrogen-bond acceptors (Lipinski definition) is 5. The van der Waals surface area contributed by atoms with E-state index in [-0.39, 0.29) is 11.8 Å². The van der Waals surface area contributed by atoms with Gasteiger partial charge in [-0.05, 0) is 37.6 Å². The first kappa shape index (κ1) is 21.2. The normalized spacial score (nSPS) is 11.4. The Kier molecular flexibility index (Phi) is 8.30. The van der Waals surface area contributed by atoms with Crippen LogP contribution in [0.2, 0.25) is 0 Å². The van der Waals surface area contributed by atoms with Gasteiger partial charge in [-0.1, -0.05) is 18.2 Å². The van der Waals surface area contributed by atoms with E-state index in [9.17, 15) is 9.59 Å². The van der Waals surface area contributed by atoms with Crippen molar-refractivity contribution in [2.75, 3.05) is 32.7 Å². The predicted octanol–water partition coefficient (Wildman–Crippen LogP) is 2.87. The zero-order valence-electron chi connectivity index (χ0n) is 16.4. The Bertz CT molecular complexity index is 794. The lowest BCUT2D eigenvalue weighted by Crippen LogP contribution is -2.32. The Morgan fingerprint density at radius 1 is 1.04 bits per heavy atom. The predicted molar refractivity (Wildman–Crippen MR) is 107 cm³/mol. The molecule has 0 aliphatic carbocycles. The van der Waals surface area contributed by atoms with E-state index in [4.69, 9.17) is 14.2 Å². The highest BCUT2D eigenvalue weighted by molar-refractivity contribution is 6.04. The van der Waals surface area contributed by atoms with E-state index in [0.717, 1.165) is 0 Å². The van der Waals surface area contributed by atoms with Gasteiger partial charge in [0.2, 0.25) is 0 Å². The molecule has 0 spiro atoms. The molecule has 0 saturated carbocycles. The van der Waals surface area contributed by atoms with Gasteiger partial charge in [-0.2, -0.15) is 0 Å². The first-order chi connectivity index (χ1) is 13.5. The van der Waals surface area contributed by atoms with Gasteiger partial charge >= 0.3 is 0 Å². The molecule has 0 aliphatic rings. The molecule has 28 heavy (non-hydrogen) atoms. The summed E-state index contributed by atoms with van der Waals surface area (Å²) in [6.45, 7) is 2.70. The van der Waals surface area contributed by atoms with Gasteiger partial charge in [0.25, 0.3) is 11.8 Å². The van der Waals surface area contributed by atoms with Gasteiger partial charge < -0.3 is 24.8 Å². The summed E-state index contributed by atoms with van der Waals surface area (Å²) in [6, 6.07) is 13.9. The minimum atomic E-state index is -0.759. The van der Waals surface area contributed by atoms with Crippen molar-refractivity contribution < 1.29 is 23.8 Å². The van der Waals surface area contributed by atoms with Crippen LogP contribution in [0.3, 0.4) is 0 Å². The van der Waals surface area contributed by atoms with Crippen LogP contribution in [0.15, 0.2) is 48.5 Å². The van der Waals surface area contributed by atoms with E-state index >= 15 is 0 Å². The van der Waals surface area contributed by atoms with E-state index in [2.05, 4.69) is 10.6 Å². The Morgan fingerprint density at radius 3 is 2.54 bits per heavy atom. The van der Waals surface area contributed by atoms with Crippen molar-refractivity contribution in [1.29, 1.82) is 0 Å². The maximum absolute atomic E-state index is 12.5. The number of amides is 2. The van der Waals surface area contributed by atoms with Crippen LogP contribution in [0, 0.1) is 0 Å². The van der Waals surface area contributed by atoms with E-state index in [1.54, 1.807) is 69.7 Å². The Hall–Kier alpha value is -3.06. The molecule has 2 amide bonds. The zero-order chi connectivity index (χ0) is 20.4. The van der Waals surface area contributed by atoms with Crippen LogP contribution >= 0.6 is 0 Å². The summed E-state index contributed by atoms with van der Waals surface area (Å²) in [5.41, 5.74) is 0.819. The average molecular weight is 386 g/mol. The van der Waals surface area contributed by atoms with Gasteiger partial charge in [-0.3, -0.25) is 9.59 Å². The molecule has 0 fully saturated rings. The van der Waals surface area contributed by atoms with Crippen LogP contribution in [0.25, 0.3) is 0 Å². The van der Waals surface area contributed by atoms with E-state index < -0.39 is 6.10 Å². The average Bonchev–Trinajstić information content (AvgIpc) is 2.71. The number of carbonyl (C=O) groups is 2. The standard InChI is InChI=1S/C21H26N2O5/c1-15(28-17-9-6-8-16(14-17)27-3)20(24)23-19-11-5-4-10-18(19)21(25)22-12-7-13-26-2/h4-6,8-11,14-15H,7,12-13H2,1-3H3,(H,22,25)(H,23,24). The van der Waals surface area contributed by atoms with Gasteiger partial charge in [0.15, 0.2) is 6.10 Å². The summed E-state index contributed by atoms with van der Waals surface area (Å²) in [6.07, 6.45) is -0.0488. The molecule has 0 aromatic heterocycles. The minimum absolute atomic E-state index is 0.256. The summed E-state index contributed by atoms with van der Waals surface area (Å²) in [5, 5.41) is 5.57. The highest BCUT2D eigenvalue weighted by Crippen LogP contribution is 2.21. The van der Waals surface area contributed by atoms with Gasteiger partial charge in [-0.15, -0.1) is 0 Å². The second kappa shape index (κ2) is 10.9. The van der Waals surface area contributed by atoms with Crippen molar-refractivity contribution in [2.45, 2.75) is 19.4 Å². The van der Waals surface area contributed by atoms with Crippen LogP contribution in [0.4, 0.5) is 5.69 Å². The molecule has 0 bridgehead atoms. The van der Waals surface area contributed by atoms with Crippen LogP contribution in [0.5, 0.6) is 11.5 Å². The van der Waals surface area contributed by atoms with Crippen LogP contribution in [-0.2, 0) is 9.53 Å². The second-order valence-electron chi connectivity index (χ2n) is 6.08. The maximum Gasteiger partial charge on any atom is 0.265 e. The number of para-hydroxylation sites is 1. The van der Waals surface area contributed by atoms with Crippen LogP contribution < -0.4 is 20.1 Å². The summed E-state index contributed by atoms with van der Waals surface area (Å²) >= 11 is 0. The fourth-order valence-corrected chi connectivity index (χ4v) is 2.47. The van der Waals surface area contributed by atoms with Gasteiger partial charge in [-0.25, -0.2) is 0 Å². The Morgan fingerprint density at radius 2 is 1.79 bits per heavy atom. The zero-order valence-corrected chi connectivity index (χ0v) is 16.4. The third-order valence-electron chi connectivity index (χ3n) is 3.96. The van der Waals surface area contributed by atoms with Crippen molar-refractivity contribution in [2.24, 2.45) is 0 Å². The molecule has 1 atom stereocenters. The third kappa shape index (κ3) is 6.28. The van der Waals surface area contributed by atoms with Crippen LogP contribution in [0.1, 0.15) is 23.7 Å². The number of anilines is 1. The fraction of sp³-hybridized carbons (Fsp3) is 0.333. The summed E-state index contributed by atoms with van der Waals surface area (Å²) in [4.78, 5) is 24.9. The lowest BCUT2D eigenvalue weighted by Gasteiger charge is -2.17. The number of ether oxygens (including phenoxy) is 3. The van der Waals surface area contributed by atoms with Crippen molar-refractivity contribution in [1.82, 2.24) is 5.32 Å². The van der Waals surface area contributed by atoms with Crippen molar-refractivity contribution in [3.8, 4) is 11.5 Å². The number of benzene rings is 2. The van der Waals surface area contributed by atoms with Gasteiger partial charge in [0, 0.05) is 26.3 Å². The third-order valence-corrected chi connectivity index (χ3v) is 3.96. The molecule has 0 saturated heterocycles. The molecular formula is C21H26N2O5. The van der Waals surface area contributed by atoms with Gasteiger partial charge in [0.1, 0.15) is 11.5 Å². The first-order valence-corrected chi connectivity index (χ1v) is 9.03. The van der Waals surface area contributed by atoms with E-state index in [1.165, 1.54) is 0 Å². The summed E-state index contributed by atoms with van der Waals surface area (Å²) < 4.78 is 15.8. The van der Waals surface area contributed by atoms with E-state index in [1.807, 2.05) is 0 Å². The van der Waals surface area contributed by atoms with Crippen molar-refractivity contribution in [3.63, 3.8) is 0 Å². The van der Waals surface area contributed by atoms with Gasteiger partial charge in [0.05, 0.1) is 18.4 Å². The lowest BCUT2D eigenvalue weighted by molar-refractivity contribution is -0.122. The monoisotopic (exact) mass is 386 g/mol. The Balaban J connectivity index is 1.99. The molecule has 7 nitrogen and oxygen atoms in total. The molecule has 2 aromatic rings. The minimum Gasteiger partial charge on any atom is -0.497 e. The smallest absolute Gasteiger partial charge is 0.265 e. The molecular weight excluding hydrogens is 360 g/mol. The molecule has 7 heteroatoms. The molecule has 0 aliphatic heterocycles. The largest absolute Gasteiger partial charge is 0.497 e. The topological polar surface area (TPSA) is 85.9 Å². The lowest BCUT2D eigenvalue weighted by atomic mass is 10.1. The first-order valence-electron chi connectivity index (χ1n) is 9.03. The molecule has 2 aromatic carbocycles. The van der Waals surface area contributed by atoms with Crippen LogP contribution in [-0.4, -0.2) is 45.3 Å². The molecule has 2 rings (SSSR count). The number of rotatable bonds is 10. The quantitative estimate of drug-likeness (QED) is 0.613. The number of hydrogen-bond donors (Lipinski definition) is 2. The molecule has 150 valence electrons. The van der Waals surface area contributed by atoms with Crippen molar-refractivity contribution >= 4 is 17.5 Å². The molecule has 0 radical (unpaired) electrons. The fourth-order valence-electron chi connectivity index (χ4n) is 2.47. The summed E-state index contributed by atoms with van der Waals surface area (Å²) in [7, 11) is 3.17. The molecule has 1 unspecified atom stereocenters. The van der Waals surface area contributed by atoms with Crippen molar-refractivity contribution in [3.05, 3.63) is 54.1 Å². The number of carbonyl (C=O) groups excluding carboxylic acids is 2. The van der Waals surface area contributed by atoms with E-state index in [0.29, 0.717) is 42.3 Å². The SMILES string of the molecule is COCCCNC(=O)c1ccccc1NC(=O)C(C)Oc1cccc(OC)c1. The maximum atomic E-state index is 12.5. The Labute approximate surface area is 165 Å². The molecule has 2 N–H and O–H groups in total. The highest BCUT2D eigenvalue weighted by atomic mass is 16.5. The number of nitrogens with one attached hydrogen (secondary N) is 2. The molecule has 0 heterocycles. The summed E-state index contributed by atoms with van der Waals surface area (Å²) in [5.74, 6) is 0.544. The second-order valence-corrected chi connectivity index (χ2v) is 6.08. The highest BCUT2D eigenvalue weighted by Gasteiger charge is 2.18.